The van der Waals surface area contributed by atoms with E-state index in [1.54, 1.807) is 18.4 Å². The van der Waals surface area contributed by atoms with Crippen LogP contribution < -0.4 is 5.32 Å². The lowest BCUT2D eigenvalue weighted by Crippen LogP contribution is -2.40. The largest absolute Gasteiger partial charge is 0.384 e. The zero-order valence-electron chi connectivity index (χ0n) is 13.7. The number of thiazole rings is 1. The molecular formula is C15H27IN4OS. The van der Waals surface area contributed by atoms with Crippen LogP contribution in [0.2, 0.25) is 0 Å². The number of hydrogen-bond acceptors (Lipinski definition) is 4. The molecule has 1 saturated heterocycles. The summed E-state index contributed by atoms with van der Waals surface area (Å²) in [6.07, 6.45) is 3.31. The first kappa shape index (κ1) is 19.6. The maximum absolute atomic E-state index is 5.24. The molecule has 0 radical (unpaired) electrons. The quantitative estimate of drug-likeness (QED) is 0.321. The molecule has 0 amide bonds. The summed E-state index contributed by atoms with van der Waals surface area (Å²) < 4.78 is 5.24. The Hall–Kier alpha value is -0.410. The molecule has 0 aromatic carbocycles. The van der Waals surface area contributed by atoms with Gasteiger partial charge in [-0.15, -0.1) is 35.3 Å². The average Bonchev–Trinajstić information content (AvgIpc) is 3.09. The molecule has 22 heavy (non-hydrogen) atoms. The molecule has 1 N–H and O–H groups in total. The van der Waals surface area contributed by atoms with E-state index in [-0.39, 0.29) is 24.0 Å². The normalized spacial score (nSPS) is 18.4. The molecule has 1 aliphatic heterocycles. The Kier molecular flexibility index (Phi) is 9.27. The van der Waals surface area contributed by atoms with E-state index in [2.05, 4.69) is 25.6 Å². The molecule has 1 fully saturated rings. The summed E-state index contributed by atoms with van der Waals surface area (Å²) in [5.41, 5.74) is 1.13. The molecule has 7 heteroatoms. The van der Waals surface area contributed by atoms with E-state index in [1.807, 2.05) is 14.0 Å². The highest BCUT2D eigenvalue weighted by Gasteiger charge is 2.24. The summed E-state index contributed by atoms with van der Waals surface area (Å²) in [6.45, 7) is 5.94. The molecule has 1 aliphatic rings. The van der Waals surface area contributed by atoms with Crippen LogP contribution in [-0.2, 0) is 11.2 Å². The van der Waals surface area contributed by atoms with Gasteiger partial charge in [-0.05, 0) is 19.8 Å². The molecule has 1 atom stereocenters. The Balaban J connectivity index is 0.00000242. The van der Waals surface area contributed by atoms with Gasteiger partial charge in [0.2, 0.25) is 0 Å². The number of guanidine groups is 1. The third-order valence-corrected chi connectivity index (χ3v) is 4.74. The number of aromatic nitrogens is 1. The van der Waals surface area contributed by atoms with E-state index in [0.717, 1.165) is 50.7 Å². The number of halogens is 1. The summed E-state index contributed by atoms with van der Waals surface area (Å²) in [6, 6.07) is 0. The van der Waals surface area contributed by atoms with Crippen molar-refractivity contribution in [3.63, 3.8) is 0 Å². The summed E-state index contributed by atoms with van der Waals surface area (Å²) in [5, 5.41) is 6.80. The van der Waals surface area contributed by atoms with Crippen LogP contribution in [0.5, 0.6) is 0 Å². The molecule has 1 aromatic rings. The van der Waals surface area contributed by atoms with Crippen molar-refractivity contribution >= 4 is 41.3 Å². The van der Waals surface area contributed by atoms with Crippen LogP contribution in [0.25, 0.3) is 0 Å². The van der Waals surface area contributed by atoms with Gasteiger partial charge in [0.15, 0.2) is 5.96 Å². The van der Waals surface area contributed by atoms with Gasteiger partial charge in [0.05, 0.1) is 11.6 Å². The van der Waals surface area contributed by atoms with Gasteiger partial charge < -0.3 is 15.0 Å². The summed E-state index contributed by atoms with van der Waals surface area (Å²) in [5.74, 6) is 1.65. The fourth-order valence-corrected chi connectivity index (χ4v) is 3.50. The summed E-state index contributed by atoms with van der Waals surface area (Å²) >= 11 is 1.75. The molecule has 1 unspecified atom stereocenters. The molecule has 0 aliphatic carbocycles. The molecule has 2 heterocycles. The molecule has 0 bridgehead atoms. The Bertz CT molecular complexity index is 466. The van der Waals surface area contributed by atoms with Crippen LogP contribution in [0.3, 0.4) is 0 Å². The Morgan fingerprint density at radius 1 is 1.59 bits per heavy atom. The lowest BCUT2D eigenvalue weighted by atomic mass is 10.1. The highest BCUT2D eigenvalue weighted by Crippen LogP contribution is 2.16. The molecule has 126 valence electrons. The van der Waals surface area contributed by atoms with Crippen LogP contribution in [0, 0.1) is 12.8 Å². The van der Waals surface area contributed by atoms with Crippen LogP contribution in [0.15, 0.2) is 10.4 Å². The highest BCUT2D eigenvalue weighted by molar-refractivity contribution is 14.0. The fraction of sp³-hybridized carbons (Fsp3) is 0.733. The zero-order chi connectivity index (χ0) is 15.1. The zero-order valence-corrected chi connectivity index (χ0v) is 16.8. The van der Waals surface area contributed by atoms with E-state index in [1.165, 1.54) is 11.4 Å². The highest BCUT2D eigenvalue weighted by atomic mass is 127. The van der Waals surface area contributed by atoms with Gasteiger partial charge in [-0.25, -0.2) is 4.98 Å². The third kappa shape index (κ3) is 6.00. The molecular weight excluding hydrogens is 411 g/mol. The van der Waals surface area contributed by atoms with Crippen LogP contribution >= 0.6 is 35.3 Å². The second-order valence-corrected chi connectivity index (χ2v) is 6.46. The topological polar surface area (TPSA) is 49.8 Å². The van der Waals surface area contributed by atoms with Gasteiger partial charge in [-0.2, -0.15) is 0 Å². The lowest BCUT2D eigenvalue weighted by Gasteiger charge is -2.21. The number of ether oxygens (including phenoxy) is 1. The monoisotopic (exact) mass is 438 g/mol. The van der Waals surface area contributed by atoms with E-state index in [0.29, 0.717) is 5.92 Å². The van der Waals surface area contributed by atoms with Crippen LogP contribution in [0.4, 0.5) is 0 Å². The number of hydrogen-bond donors (Lipinski definition) is 1. The summed E-state index contributed by atoms with van der Waals surface area (Å²) in [7, 11) is 3.63. The van der Waals surface area contributed by atoms with Gasteiger partial charge in [0, 0.05) is 57.2 Å². The van der Waals surface area contributed by atoms with Gasteiger partial charge in [-0.1, -0.05) is 0 Å². The first-order valence-electron chi connectivity index (χ1n) is 7.58. The van der Waals surface area contributed by atoms with Gasteiger partial charge in [-0.3, -0.25) is 4.99 Å². The minimum absolute atomic E-state index is 0. The molecule has 0 spiro atoms. The SMILES string of the molecule is CN=C(NCCCc1nc(C)cs1)N1CCC(COC)C1.I. The standard InChI is InChI=1S/C15H26N4OS.HI/c1-12-11-21-14(18-12)5-4-7-17-15(16-2)19-8-6-13(9-19)10-20-3;/h11,13H,4-10H2,1-3H3,(H,16,17);1H. The number of methoxy groups -OCH3 is 1. The van der Waals surface area contributed by atoms with E-state index >= 15 is 0 Å². The minimum Gasteiger partial charge on any atom is -0.384 e. The first-order valence-corrected chi connectivity index (χ1v) is 8.46. The number of aliphatic imine (C=N–C) groups is 1. The van der Waals surface area contributed by atoms with E-state index in [9.17, 15) is 0 Å². The van der Waals surface area contributed by atoms with Crippen molar-refractivity contribution in [2.75, 3.05) is 40.4 Å². The molecule has 2 rings (SSSR count). The Morgan fingerprint density at radius 3 is 3.05 bits per heavy atom. The number of nitrogens with one attached hydrogen (secondary N) is 1. The molecule has 0 saturated carbocycles. The first-order chi connectivity index (χ1) is 10.2. The minimum atomic E-state index is 0. The number of rotatable bonds is 6. The number of likely N-dealkylation sites (tertiary alicyclic amines) is 1. The average molecular weight is 438 g/mol. The van der Waals surface area contributed by atoms with E-state index < -0.39 is 0 Å². The van der Waals surface area contributed by atoms with Crippen molar-refractivity contribution in [3.8, 4) is 0 Å². The predicted molar refractivity (Wildman–Crippen MR) is 104 cm³/mol. The lowest BCUT2D eigenvalue weighted by molar-refractivity contribution is 0.157. The van der Waals surface area contributed by atoms with Crippen LogP contribution in [0.1, 0.15) is 23.5 Å². The van der Waals surface area contributed by atoms with E-state index in [4.69, 9.17) is 4.74 Å². The maximum atomic E-state index is 5.24. The van der Waals surface area contributed by atoms with Crippen LogP contribution in [-0.4, -0.2) is 56.2 Å². The Morgan fingerprint density at radius 2 is 2.41 bits per heavy atom. The predicted octanol–water partition coefficient (Wildman–Crippen LogP) is 2.55. The number of nitrogens with zero attached hydrogens (tertiary/aromatic N) is 3. The van der Waals surface area contributed by atoms with Crippen molar-refractivity contribution < 1.29 is 4.74 Å². The van der Waals surface area contributed by atoms with Gasteiger partial charge >= 0.3 is 0 Å². The smallest absolute Gasteiger partial charge is 0.193 e. The van der Waals surface area contributed by atoms with Crippen molar-refractivity contribution in [1.29, 1.82) is 0 Å². The second kappa shape index (κ2) is 10.4. The molecule has 5 nitrogen and oxygen atoms in total. The van der Waals surface area contributed by atoms with Crippen molar-refractivity contribution in [2.45, 2.75) is 26.2 Å². The van der Waals surface area contributed by atoms with Crippen molar-refractivity contribution in [1.82, 2.24) is 15.2 Å². The summed E-state index contributed by atoms with van der Waals surface area (Å²) in [4.78, 5) is 11.2. The van der Waals surface area contributed by atoms with Crippen molar-refractivity contribution in [3.05, 3.63) is 16.1 Å². The maximum Gasteiger partial charge on any atom is 0.193 e. The van der Waals surface area contributed by atoms with Gasteiger partial charge in [0.25, 0.3) is 0 Å². The number of aryl methyl sites for hydroxylation is 2. The fourth-order valence-electron chi connectivity index (χ4n) is 2.69. The third-order valence-electron chi connectivity index (χ3n) is 3.72. The molecule has 1 aromatic heterocycles. The Labute approximate surface area is 154 Å². The van der Waals surface area contributed by atoms with Crippen molar-refractivity contribution in [2.24, 2.45) is 10.9 Å². The second-order valence-electron chi connectivity index (χ2n) is 5.52. The van der Waals surface area contributed by atoms with Gasteiger partial charge in [0.1, 0.15) is 0 Å².